The molecule has 2 unspecified atom stereocenters. The van der Waals surface area contributed by atoms with Crippen LogP contribution in [0, 0.1) is 0 Å². The number of hydrogen-bond acceptors (Lipinski definition) is 4. The zero-order chi connectivity index (χ0) is 18.2. The van der Waals surface area contributed by atoms with Crippen LogP contribution >= 0.6 is 0 Å². The van der Waals surface area contributed by atoms with Crippen molar-refractivity contribution in [1.29, 1.82) is 0 Å². The average molecular weight is 338 g/mol. The number of rotatable bonds is 6. The number of nitrogens with zero attached hydrogens (tertiary/aromatic N) is 3. The standard InChI is InChI=1S/C18H18N4O3/c1-12(21-22-19)16(18(24)25-2)20-17(23)15-10-8-14(9-11-15)13-6-4-3-5-7-13/h3-12,16H,1-2H3,(H,20,23). The maximum absolute atomic E-state index is 12.4. The molecule has 0 saturated carbocycles. The Morgan fingerprint density at radius 3 is 2.24 bits per heavy atom. The van der Waals surface area contributed by atoms with Crippen molar-refractivity contribution in [3.05, 3.63) is 70.6 Å². The van der Waals surface area contributed by atoms with Gasteiger partial charge in [0.2, 0.25) is 0 Å². The SMILES string of the molecule is COC(=O)C(NC(=O)c1ccc(-c2ccccc2)cc1)C(C)N=[N+]=[N-]. The molecule has 7 nitrogen and oxygen atoms in total. The molecule has 1 N–H and O–H groups in total. The van der Waals surface area contributed by atoms with Crippen molar-refractivity contribution in [3.63, 3.8) is 0 Å². The van der Waals surface area contributed by atoms with Gasteiger partial charge in [-0.2, -0.15) is 0 Å². The summed E-state index contributed by atoms with van der Waals surface area (Å²) in [6, 6.07) is 14.9. The summed E-state index contributed by atoms with van der Waals surface area (Å²) in [5.41, 5.74) is 10.9. The number of hydrogen-bond donors (Lipinski definition) is 1. The minimum Gasteiger partial charge on any atom is -0.467 e. The first kappa shape index (κ1) is 18.0. The molecule has 0 radical (unpaired) electrons. The van der Waals surface area contributed by atoms with Crippen LogP contribution in [0.4, 0.5) is 0 Å². The van der Waals surface area contributed by atoms with Crippen molar-refractivity contribution >= 4 is 11.9 Å². The van der Waals surface area contributed by atoms with Gasteiger partial charge in [0, 0.05) is 10.5 Å². The monoisotopic (exact) mass is 338 g/mol. The zero-order valence-corrected chi connectivity index (χ0v) is 13.9. The second-order valence-electron chi connectivity index (χ2n) is 5.36. The van der Waals surface area contributed by atoms with Gasteiger partial charge in [0.1, 0.15) is 6.04 Å². The van der Waals surface area contributed by atoms with E-state index < -0.39 is 24.0 Å². The van der Waals surface area contributed by atoms with Gasteiger partial charge in [-0.3, -0.25) is 4.79 Å². The van der Waals surface area contributed by atoms with E-state index in [4.69, 9.17) is 5.53 Å². The van der Waals surface area contributed by atoms with Crippen molar-refractivity contribution in [1.82, 2.24) is 5.32 Å². The number of nitrogens with one attached hydrogen (secondary N) is 1. The maximum Gasteiger partial charge on any atom is 0.328 e. The first-order valence-corrected chi connectivity index (χ1v) is 7.65. The molecule has 2 rings (SSSR count). The molecule has 0 aliphatic heterocycles. The van der Waals surface area contributed by atoms with Crippen LogP contribution in [0.3, 0.4) is 0 Å². The van der Waals surface area contributed by atoms with Crippen LogP contribution in [-0.4, -0.2) is 31.1 Å². The molecule has 0 fully saturated rings. The Hall–Kier alpha value is -3.31. The van der Waals surface area contributed by atoms with Gasteiger partial charge in [-0.15, -0.1) is 0 Å². The number of benzene rings is 2. The minimum absolute atomic E-state index is 0.390. The molecule has 2 aromatic rings. The number of azide groups is 1. The summed E-state index contributed by atoms with van der Waals surface area (Å²) in [7, 11) is 1.21. The second kappa shape index (κ2) is 8.52. The van der Waals surface area contributed by atoms with E-state index in [0.29, 0.717) is 5.56 Å². The van der Waals surface area contributed by atoms with Crippen molar-refractivity contribution in [2.75, 3.05) is 7.11 Å². The third-order valence-electron chi connectivity index (χ3n) is 3.71. The van der Waals surface area contributed by atoms with Crippen molar-refractivity contribution in [2.24, 2.45) is 5.11 Å². The van der Waals surface area contributed by atoms with Gasteiger partial charge >= 0.3 is 5.97 Å². The van der Waals surface area contributed by atoms with Crippen LogP contribution in [0.2, 0.25) is 0 Å². The Balaban J connectivity index is 2.16. The van der Waals surface area contributed by atoms with E-state index in [1.165, 1.54) is 14.0 Å². The molecule has 0 heterocycles. The van der Waals surface area contributed by atoms with E-state index in [1.807, 2.05) is 42.5 Å². The van der Waals surface area contributed by atoms with Crippen LogP contribution < -0.4 is 5.32 Å². The fourth-order valence-corrected chi connectivity index (χ4v) is 2.32. The van der Waals surface area contributed by atoms with E-state index >= 15 is 0 Å². The summed E-state index contributed by atoms with van der Waals surface area (Å²) < 4.78 is 4.66. The predicted molar refractivity (Wildman–Crippen MR) is 93.8 cm³/mol. The van der Waals surface area contributed by atoms with Crippen LogP contribution in [0.1, 0.15) is 17.3 Å². The highest BCUT2D eigenvalue weighted by atomic mass is 16.5. The smallest absolute Gasteiger partial charge is 0.328 e. The number of methoxy groups -OCH3 is 1. The molecule has 0 aliphatic rings. The molecule has 0 spiro atoms. The van der Waals surface area contributed by atoms with E-state index in [-0.39, 0.29) is 0 Å². The van der Waals surface area contributed by atoms with E-state index in [1.54, 1.807) is 12.1 Å². The Morgan fingerprint density at radius 1 is 1.08 bits per heavy atom. The van der Waals surface area contributed by atoms with Crippen LogP contribution in [0.25, 0.3) is 21.6 Å². The number of esters is 1. The normalized spacial score (nSPS) is 12.4. The number of carbonyl (C=O) groups is 2. The van der Waals surface area contributed by atoms with Gasteiger partial charge < -0.3 is 10.1 Å². The lowest BCUT2D eigenvalue weighted by Crippen LogP contribution is -2.47. The molecule has 0 aromatic heterocycles. The number of ether oxygens (including phenoxy) is 1. The van der Waals surface area contributed by atoms with Gasteiger partial charge in [0.15, 0.2) is 0 Å². The highest BCUT2D eigenvalue weighted by Crippen LogP contribution is 2.19. The molecular formula is C18H18N4O3. The summed E-state index contributed by atoms with van der Waals surface area (Å²) >= 11 is 0. The average Bonchev–Trinajstić information content (AvgIpc) is 2.66. The van der Waals surface area contributed by atoms with Crippen LogP contribution in [-0.2, 0) is 9.53 Å². The molecule has 2 aromatic carbocycles. The highest BCUT2D eigenvalue weighted by Gasteiger charge is 2.27. The van der Waals surface area contributed by atoms with Gasteiger partial charge in [-0.05, 0) is 28.8 Å². The number of carbonyl (C=O) groups excluding carboxylic acids is 2. The van der Waals surface area contributed by atoms with Gasteiger partial charge in [-0.1, -0.05) is 54.5 Å². The highest BCUT2D eigenvalue weighted by molar-refractivity contribution is 5.97. The molecule has 128 valence electrons. The third kappa shape index (κ3) is 4.59. The zero-order valence-electron chi connectivity index (χ0n) is 13.9. The lowest BCUT2D eigenvalue weighted by molar-refractivity contribution is -0.143. The van der Waals surface area contributed by atoms with Gasteiger partial charge in [-0.25, -0.2) is 4.79 Å². The van der Waals surface area contributed by atoms with Crippen molar-refractivity contribution in [3.8, 4) is 11.1 Å². The lowest BCUT2D eigenvalue weighted by atomic mass is 10.0. The summed E-state index contributed by atoms with van der Waals surface area (Å²) in [4.78, 5) is 26.9. The summed E-state index contributed by atoms with van der Waals surface area (Å²) in [6.07, 6.45) is 0. The molecule has 0 saturated heterocycles. The molecule has 0 aliphatic carbocycles. The maximum atomic E-state index is 12.4. The largest absolute Gasteiger partial charge is 0.467 e. The van der Waals surface area contributed by atoms with Gasteiger partial charge in [0.05, 0.1) is 13.2 Å². The molecule has 1 amide bonds. The van der Waals surface area contributed by atoms with Crippen molar-refractivity contribution < 1.29 is 14.3 Å². The molecular weight excluding hydrogens is 320 g/mol. The van der Waals surface area contributed by atoms with E-state index in [0.717, 1.165) is 11.1 Å². The summed E-state index contributed by atoms with van der Waals surface area (Å²) in [5, 5.41) is 6.01. The fraction of sp³-hybridized carbons (Fsp3) is 0.222. The third-order valence-corrected chi connectivity index (χ3v) is 3.71. The first-order chi connectivity index (χ1) is 12.1. The summed E-state index contributed by atoms with van der Waals surface area (Å²) in [5.74, 6) is -1.12. The second-order valence-corrected chi connectivity index (χ2v) is 5.36. The van der Waals surface area contributed by atoms with Crippen molar-refractivity contribution in [2.45, 2.75) is 19.0 Å². The van der Waals surface area contributed by atoms with Crippen LogP contribution in [0.15, 0.2) is 59.7 Å². The number of amides is 1. The topological polar surface area (TPSA) is 104 Å². The van der Waals surface area contributed by atoms with Crippen LogP contribution in [0.5, 0.6) is 0 Å². The molecule has 2 atom stereocenters. The Morgan fingerprint density at radius 2 is 1.68 bits per heavy atom. The van der Waals surface area contributed by atoms with Gasteiger partial charge in [0.25, 0.3) is 5.91 Å². The Bertz CT molecular complexity index is 784. The first-order valence-electron chi connectivity index (χ1n) is 7.65. The Labute approximate surface area is 145 Å². The van der Waals surface area contributed by atoms with E-state index in [2.05, 4.69) is 20.1 Å². The molecule has 25 heavy (non-hydrogen) atoms. The Kier molecular flexibility index (Phi) is 6.14. The molecule has 7 heteroatoms. The summed E-state index contributed by atoms with van der Waals surface area (Å²) in [6.45, 7) is 1.53. The fourth-order valence-electron chi connectivity index (χ4n) is 2.32. The minimum atomic E-state index is -1.05. The lowest BCUT2D eigenvalue weighted by Gasteiger charge is -2.19. The molecule has 0 bridgehead atoms. The van der Waals surface area contributed by atoms with E-state index in [9.17, 15) is 9.59 Å². The quantitative estimate of drug-likeness (QED) is 0.378. The predicted octanol–water partition coefficient (Wildman–Crippen LogP) is 3.32.